The maximum absolute atomic E-state index is 12.7. The zero-order chi connectivity index (χ0) is 16.3. The fraction of sp³-hybridized carbons (Fsp3) is 0.188. The van der Waals surface area contributed by atoms with Crippen LogP contribution in [-0.4, -0.2) is 11.0 Å². The van der Waals surface area contributed by atoms with E-state index < -0.39 is 17.8 Å². The third kappa shape index (κ3) is 3.65. The maximum atomic E-state index is 12.7. The van der Waals surface area contributed by atoms with Crippen LogP contribution in [0.3, 0.4) is 0 Å². The Bertz CT molecular complexity index is 683. The van der Waals surface area contributed by atoms with Crippen molar-refractivity contribution < 1.29 is 23.1 Å². The Balaban J connectivity index is 2.40. The molecule has 2 aromatic carbocycles. The maximum Gasteiger partial charge on any atom is 0.416 e. The lowest BCUT2D eigenvalue weighted by Gasteiger charge is -2.17. The van der Waals surface area contributed by atoms with Crippen molar-refractivity contribution >= 4 is 11.6 Å². The van der Waals surface area contributed by atoms with Gasteiger partial charge >= 0.3 is 6.18 Å². The molecule has 3 nitrogen and oxygen atoms in total. The van der Waals surface area contributed by atoms with E-state index in [1.165, 1.54) is 19.1 Å². The van der Waals surface area contributed by atoms with Crippen LogP contribution in [-0.2, 0) is 11.0 Å². The van der Waals surface area contributed by atoms with Crippen LogP contribution in [0.15, 0.2) is 48.5 Å². The lowest BCUT2D eigenvalue weighted by molar-refractivity contribution is -0.137. The van der Waals surface area contributed by atoms with Crippen molar-refractivity contribution in [3.8, 4) is 0 Å². The van der Waals surface area contributed by atoms with Gasteiger partial charge in [0, 0.05) is 18.2 Å². The van der Waals surface area contributed by atoms with Gasteiger partial charge in [-0.05, 0) is 23.8 Å². The van der Waals surface area contributed by atoms with Gasteiger partial charge in [0.2, 0.25) is 5.91 Å². The molecule has 1 atom stereocenters. The molecule has 0 saturated carbocycles. The summed E-state index contributed by atoms with van der Waals surface area (Å²) >= 11 is 0. The van der Waals surface area contributed by atoms with Crippen LogP contribution in [0.2, 0.25) is 0 Å². The molecule has 0 radical (unpaired) electrons. The summed E-state index contributed by atoms with van der Waals surface area (Å²) in [6.07, 6.45) is -5.75. The van der Waals surface area contributed by atoms with Crippen LogP contribution in [0.4, 0.5) is 18.9 Å². The fourth-order valence-electron chi connectivity index (χ4n) is 2.10. The monoisotopic (exact) mass is 309 g/mol. The summed E-state index contributed by atoms with van der Waals surface area (Å²) < 4.78 is 38.2. The number of carbonyl (C=O) groups is 1. The number of carbonyl (C=O) groups excluding carboxylic acids is 1. The molecular weight excluding hydrogens is 295 g/mol. The van der Waals surface area contributed by atoms with Crippen molar-refractivity contribution in [2.45, 2.75) is 19.2 Å². The van der Waals surface area contributed by atoms with Gasteiger partial charge in [0.25, 0.3) is 0 Å². The zero-order valence-corrected chi connectivity index (χ0v) is 11.7. The van der Waals surface area contributed by atoms with Crippen molar-refractivity contribution in [1.29, 1.82) is 0 Å². The summed E-state index contributed by atoms with van der Waals surface area (Å²) in [5, 5.41) is 12.9. The average Bonchev–Trinajstić information content (AvgIpc) is 2.46. The number of benzene rings is 2. The topological polar surface area (TPSA) is 49.3 Å². The van der Waals surface area contributed by atoms with Gasteiger partial charge in [-0.2, -0.15) is 13.2 Å². The van der Waals surface area contributed by atoms with Gasteiger partial charge in [-0.15, -0.1) is 0 Å². The van der Waals surface area contributed by atoms with E-state index in [1.807, 2.05) is 0 Å². The van der Waals surface area contributed by atoms with Crippen LogP contribution in [0.5, 0.6) is 0 Å². The number of nitrogens with one attached hydrogen (secondary N) is 1. The zero-order valence-electron chi connectivity index (χ0n) is 11.7. The number of halogens is 3. The Labute approximate surface area is 125 Å². The van der Waals surface area contributed by atoms with Crippen LogP contribution in [0.25, 0.3) is 0 Å². The van der Waals surface area contributed by atoms with E-state index in [2.05, 4.69) is 5.32 Å². The molecule has 0 aromatic heterocycles. The molecule has 2 N–H and O–H groups in total. The molecule has 0 heterocycles. The number of hydrogen-bond acceptors (Lipinski definition) is 2. The lowest BCUT2D eigenvalue weighted by Crippen LogP contribution is -2.11. The molecule has 0 aliphatic heterocycles. The number of aliphatic hydroxyl groups excluding tert-OH is 1. The molecule has 116 valence electrons. The Morgan fingerprint density at radius 1 is 1.14 bits per heavy atom. The number of amides is 1. The van der Waals surface area contributed by atoms with E-state index in [0.29, 0.717) is 11.3 Å². The van der Waals surface area contributed by atoms with Crippen LogP contribution in [0, 0.1) is 0 Å². The second-order valence-corrected chi connectivity index (χ2v) is 4.79. The third-order valence-electron chi connectivity index (χ3n) is 3.10. The Hall–Kier alpha value is -2.34. The quantitative estimate of drug-likeness (QED) is 0.907. The van der Waals surface area contributed by atoms with Crippen molar-refractivity contribution in [3.05, 3.63) is 65.2 Å². The second kappa shape index (κ2) is 6.19. The molecule has 0 saturated heterocycles. The molecule has 0 spiro atoms. The number of para-hydroxylation sites is 1. The van der Waals surface area contributed by atoms with Crippen LogP contribution < -0.4 is 5.32 Å². The number of rotatable bonds is 3. The average molecular weight is 309 g/mol. The lowest BCUT2D eigenvalue weighted by atomic mass is 9.98. The molecule has 2 aromatic rings. The standard InChI is InChI=1S/C16H14F3NO2/c1-10(21)20-14-8-3-2-7-13(14)15(22)11-5-4-6-12(9-11)16(17,18)19/h2-9,15,22H,1H3,(H,20,21). The molecule has 0 bridgehead atoms. The summed E-state index contributed by atoms with van der Waals surface area (Å²) in [5.41, 5.74) is -0.0365. The van der Waals surface area contributed by atoms with Gasteiger partial charge < -0.3 is 10.4 Å². The predicted molar refractivity (Wildman–Crippen MR) is 76.3 cm³/mol. The first-order valence-corrected chi connectivity index (χ1v) is 6.51. The Kier molecular flexibility index (Phi) is 4.51. The number of alkyl halides is 3. The third-order valence-corrected chi connectivity index (χ3v) is 3.10. The molecule has 22 heavy (non-hydrogen) atoms. The van der Waals surface area contributed by atoms with Crippen molar-refractivity contribution in [2.75, 3.05) is 5.32 Å². The first-order valence-electron chi connectivity index (χ1n) is 6.51. The summed E-state index contributed by atoms with van der Waals surface area (Å²) in [5.74, 6) is -0.330. The number of anilines is 1. The SMILES string of the molecule is CC(=O)Nc1ccccc1C(O)c1cccc(C(F)(F)F)c1. The molecular formula is C16H14F3NO2. The van der Waals surface area contributed by atoms with Gasteiger partial charge in [0.1, 0.15) is 6.10 Å². The highest BCUT2D eigenvalue weighted by atomic mass is 19.4. The Morgan fingerprint density at radius 2 is 1.82 bits per heavy atom. The van der Waals surface area contributed by atoms with Gasteiger partial charge in [-0.3, -0.25) is 4.79 Å². The summed E-state index contributed by atoms with van der Waals surface area (Å²) in [4.78, 5) is 11.2. The van der Waals surface area contributed by atoms with E-state index in [4.69, 9.17) is 0 Å². The summed E-state index contributed by atoms with van der Waals surface area (Å²) in [7, 11) is 0. The minimum atomic E-state index is -4.48. The molecule has 6 heteroatoms. The van der Waals surface area contributed by atoms with Crippen LogP contribution in [0.1, 0.15) is 29.7 Å². The van der Waals surface area contributed by atoms with Gasteiger partial charge in [-0.1, -0.05) is 30.3 Å². The van der Waals surface area contributed by atoms with Crippen molar-refractivity contribution in [1.82, 2.24) is 0 Å². The van der Waals surface area contributed by atoms with Gasteiger partial charge in [-0.25, -0.2) is 0 Å². The smallest absolute Gasteiger partial charge is 0.384 e. The fourth-order valence-corrected chi connectivity index (χ4v) is 2.10. The van der Waals surface area contributed by atoms with Gasteiger partial charge in [0.05, 0.1) is 5.56 Å². The molecule has 0 fully saturated rings. The first kappa shape index (κ1) is 16.0. The number of hydrogen-bond donors (Lipinski definition) is 2. The predicted octanol–water partition coefficient (Wildman–Crippen LogP) is 3.75. The van der Waals surface area contributed by atoms with Gasteiger partial charge in [0.15, 0.2) is 0 Å². The molecule has 2 rings (SSSR count). The molecule has 0 aliphatic rings. The van der Waals surface area contributed by atoms with Crippen molar-refractivity contribution in [3.63, 3.8) is 0 Å². The molecule has 1 amide bonds. The minimum Gasteiger partial charge on any atom is -0.384 e. The van der Waals surface area contributed by atoms with Crippen molar-refractivity contribution in [2.24, 2.45) is 0 Å². The number of aliphatic hydroxyl groups is 1. The van der Waals surface area contributed by atoms with E-state index >= 15 is 0 Å². The molecule has 1 unspecified atom stereocenters. The highest BCUT2D eigenvalue weighted by Gasteiger charge is 2.31. The van der Waals surface area contributed by atoms with Crippen LogP contribution >= 0.6 is 0 Å². The highest BCUT2D eigenvalue weighted by Crippen LogP contribution is 2.33. The second-order valence-electron chi connectivity index (χ2n) is 4.79. The van der Waals surface area contributed by atoms with E-state index in [0.717, 1.165) is 12.1 Å². The van der Waals surface area contributed by atoms with E-state index in [1.54, 1.807) is 24.3 Å². The minimum absolute atomic E-state index is 0.104. The Morgan fingerprint density at radius 3 is 2.45 bits per heavy atom. The largest absolute Gasteiger partial charge is 0.416 e. The van der Waals surface area contributed by atoms with E-state index in [-0.39, 0.29) is 11.5 Å². The first-order chi connectivity index (χ1) is 10.3. The summed E-state index contributed by atoms with van der Waals surface area (Å²) in [6.45, 7) is 1.31. The highest BCUT2D eigenvalue weighted by molar-refractivity contribution is 5.89. The summed E-state index contributed by atoms with van der Waals surface area (Å²) in [6, 6.07) is 10.9. The normalized spacial score (nSPS) is 12.8. The van der Waals surface area contributed by atoms with E-state index in [9.17, 15) is 23.1 Å². The molecule has 0 aliphatic carbocycles.